The van der Waals surface area contributed by atoms with E-state index < -0.39 is 6.04 Å². The van der Waals surface area contributed by atoms with Crippen LogP contribution in [0, 0.1) is 13.8 Å². The van der Waals surface area contributed by atoms with Gasteiger partial charge in [-0.15, -0.1) is 0 Å². The molecule has 1 heterocycles. The minimum Gasteiger partial charge on any atom is -0.347 e. The molecule has 2 atom stereocenters. The van der Waals surface area contributed by atoms with E-state index in [1.54, 1.807) is 11.0 Å². The van der Waals surface area contributed by atoms with E-state index in [1.807, 2.05) is 63.2 Å². The number of nitrogens with one attached hydrogen (secondary N) is 1. The maximum absolute atomic E-state index is 13.0. The van der Waals surface area contributed by atoms with E-state index in [-0.39, 0.29) is 11.9 Å². The van der Waals surface area contributed by atoms with Crippen LogP contribution in [-0.2, 0) is 4.79 Å². The Bertz CT molecular complexity index is 823. The van der Waals surface area contributed by atoms with E-state index in [9.17, 15) is 4.79 Å². The normalized spacial score (nSPS) is 13.2. The highest BCUT2D eigenvalue weighted by Crippen LogP contribution is 2.22. The number of carbonyl (C=O) groups is 1. The molecule has 5 heteroatoms. The number of aromatic nitrogens is 3. The van der Waals surface area contributed by atoms with E-state index in [4.69, 9.17) is 0 Å². The summed E-state index contributed by atoms with van der Waals surface area (Å²) in [6.07, 6.45) is 3.03. The highest BCUT2D eigenvalue weighted by Gasteiger charge is 2.25. The summed E-state index contributed by atoms with van der Waals surface area (Å²) in [5, 5.41) is 7.29. The predicted octanol–water partition coefficient (Wildman–Crippen LogP) is 3.36. The fourth-order valence-corrected chi connectivity index (χ4v) is 3.06. The van der Waals surface area contributed by atoms with Gasteiger partial charge in [0.1, 0.15) is 12.7 Å². The predicted molar refractivity (Wildman–Crippen MR) is 97.1 cm³/mol. The lowest BCUT2D eigenvalue weighted by Gasteiger charge is -2.21. The third-order valence-electron chi connectivity index (χ3n) is 4.17. The van der Waals surface area contributed by atoms with Crippen molar-refractivity contribution in [2.45, 2.75) is 32.9 Å². The Hall–Kier alpha value is -2.95. The standard InChI is InChI=1S/C20H22N4O/c1-14-9-15(2)11-18(10-14)19(24-13-21-12-22-24)20(25)23-16(3)17-7-5-4-6-8-17/h4-13,16,19H,1-3H3,(H,23,25). The second-order valence-corrected chi connectivity index (χ2v) is 6.34. The zero-order chi connectivity index (χ0) is 17.8. The van der Waals surface area contributed by atoms with Crippen molar-refractivity contribution in [1.82, 2.24) is 20.1 Å². The van der Waals surface area contributed by atoms with Crippen molar-refractivity contribution >= 4 is 5.91 Å². The van der Waals surface area contributed by atoms with Crippen LogP contribution in [0.3, 0.4) is 0 Å². The number of amides is 1. The van der Waals surface area contributed by atoms with E-state index >= 15 is 0 Å². The summed E-state index contributed by atoms with van der Waals surface area (Å²) in [6, 6.07) is 15.4. The molecule has 0 aliphatic rings. The summed E-state index contributed by atoms with van der Waals surface area (Å²) >= 11 is 0. The SMILES string of the molecule is Cc1cc(C)cc(C(C(=O)NC(C)c2ccccc2)n2cncn2)c1. The van der Waals surface area contributed by atoms with Crippen LogP contribution in [0.15, 0.2) is 61.2 Å². The largest absolute Gasteiger partial charge is 0.347 e. The van der Waals surface area contributed by atoms with Crippen molar-refractivity contribution in [3.63, 3.8) is 0 Å². The van der Waals surface area contributed by atoms with Gasteiger partial charge in [-0.3, -0.25) is 4.79 Å². The van der Waals surface area contributed by atoms with Crippen LogP contribution in [0.25, 0.3) is 0 Å². The molecular formula is C20H22N4O. The summed E-state index contributed by atoms with van der Waals surface area (Å²) < 4.78 is 1.60. The molecule has 0 saturated heterocycles. The first kappa shape index (κ1) is 16.9. The lowest BCUT2D eigenvalue weighted by Crippen LogP contribution is -2.35. The second kappa shape index (κ2) is 7.30. The molecule has 0 spiro atoms. The van der Waals surface area contributed by atoms with Gasteiger partial charge in [0, 0.05) is 0 Å². The minimum absolute atomic E-state index is 0.0920. The smallest absolute Gasteiger partial charge is 0.250 e. The molecule has 3 aromatic rings. The topological polar surface area (TPSA) is 59.8 Å². The van der Waals surface area contributed by atoms with Gasteiger partial charge < -0.3 is 5.32 Å². The van der Waals surface area contributed by atoms with Crippen molar-refractivity contribution in [3.05, 3.63) is 83.4 Å². The molecule has 2 unspecified atom stereocenters. The molecule has 1 N–H and O–H groups in total. The van der Waals surface area contributed by atoms with Crippen LogP contribution >= 0.6 is 0 Å². The third-order valence-corrected chi connectivity index (χ3v) is 4.17. The fraction of sp³-hybridized carbons (Fsp3) is 0.250. The first-order valence-corrected chi connectivity index (χ1v) is 8.32. The molecule has 1 aromatic heterocycles. The van der Waals surface area contributed by atoms with Gasteiger partial charge in [0.25, 0.3) is 0 Å². The van der Waals surface area contributed by atoms with Gasteiger partial charge in [0.05, 0.1) is 6.04 Å². The molecule has 0 radical (unpaired) electrons. The van der Waals surface area contributed by atoms with Crippen molar-refractivity contribution in [1.29, 1.82) is 0 Å². The first-order chi connectivity index (χ1) is 12.0. The molecule has 0 aliphatic carbocycles. The Kier molecular flexibility index (Phi) is 4.93. The van der Waals surface area contributed by atoms with Gasteiger partial charge in [0.2, 0.25) is 5.91 Å². The second-order valence-electron chi connectivity index (χ2n) is 6.34. The first-order valence-electron chi connectivity index (χ1n) is 8.32. The summed E-state index contributed by atoms with van der Waals surface area (Å²) in [4.78, 5) is 17.1. The van der Waals surface area contributed by atoms with E-state index in [2.05, 4.69) is 21.5 Å². The number of hydrogen-bond donors (Lipinski definition) is 1. The van der Waals surface area contributed by atoms with Crippen molar-refractivity contribution in [2.75, 3.05) is 0 Å². The quantitative estimate of drug-likeness (QED) is 0.778. The van der Waals surface area contributed by atoms with Gasteiger partial charge in [-0.25, -0.2) is 9.67 Å². The van der Waals surface area contributed by atoms with Crippen molar-refractivity contribution in [2.24, 2.45) is 0 Å². The summed E-state index contributed by atoms with van der Waals surface area (Å²) in [7, 11) is 0. The Morgan fingerprint density at radius 3 is 2.32 bits per heavy atom. The van der Waals surface area contributed by atoms with E-state index in [0.29, 0.717) is 0 Å². The highest BCUT2D eigenvalue weighted by molar-refractivity contribution is 5.84. The molecule has 5 nitrogen and oxygen atoms in total. The molecule has 1 amide bonds. The minimum atomic E-state index is -0.549. The number of benzene rings is 2. The molecule has 2 aromatic carbocycles. The summed E-state index contributed by atoms with van der Waals surface area (Å²) in [6.45, 7) is 6.03. The molecule has 25 heavy (non-hydrogen) atoms. The monoisotopic (exact) mass is 334 g/mol. The van der Waals surface area contributed by atoms with Gasteiger partial charge in [-0.1, -0.05) is 59.7 Å². The number of aryl methyl sites for hydroxylation is 2. The maximum atomic E-state index is 13.0. The average molecular weight is 334 g/mol. The van der Waals surface area contributed by atoms with Crippen LogP contribution in [-0.4, -0.2) is 20.7 Å². The van der Waals surface area contributed by atoms with Gasteiger partial charge >= 0.3 is 0 Å². The van der Waals surface area contributed by atoms with E-state index in [1.165, 1.54) is 6.33 Å². The molecule has 0 bridgehead atoms. The fourth-order valence-electron chi connectivity index (χ4n) is 3.06. The van der Waals surface area contributed by atoms with Crippen molar-refractivity contribution in [3.8, 4) is 0 Å². The Labute approximate surface area is 147 Å². The number of hydrogen-bond acceptors (Lipinski definition) is 3. The van der Waals surface area contributed by atoms with Crippen molar-refractivity contribution < 1.29 is 4.79 Å². The molecule has 0 saturated carbocycles. The van der Waals surface area contributed by atoms with Crippen LogP contribution < -0.4 is 5.32 Å². The van der Waals surface area contributed by atoms with Gasteiger partial charge in [0.15, 0.2) is 6.04 Å². The molecule has 0 aliphatic heterocycles. The van der Waals surface area contributed by atoms with Crippen LogP contribution in [0.2, 0.25) is 0 Å². The highest BCUT2D eigenvalue weighted by atomic mass is 16.2. The van der Waals surface area contributed by atoms with Crippen LogP contribution in [0.4, 0.5) is 0 Å². The Balaban J connectivity index is 1.91. The van der Waals surface area contributed by atoms with Crippen LogP contribution in [0.5, 0.6) is 0 Å². The number of nitrogens with zero attached hydrogens (tertiary/aromatic N) is 3. The lowest BCUT2D eigenvalue weighted by molar-refractivity contribution is -0.124. The van der Waals surface area contributed by atoms with Gasteiger partial charge in [-0.05, 0) is 31.9 Å². The zero-order valence-corrected chi connectivity index (χ0v) is 14.7. The number of rotatable bonds is 5. The third kappa shape index (κ3) is 3.94. The molecule has 3 rings (SSSR count). The molecule has 128 valence electrons. The molecular weight excluding hydrogens is 312 g/mol. The number of carbonyl (C=O) groups excluding carboxylic acids is 1. The Morgan fingerprint density at radius 1 is 1.04 bits per heavy atom. The molecule has 0 fully saturated rings. The summed E-state index contributed by atoms with van der Waals surface area (Å²) in [5.74, 6) is -0.105. The summed E-state index contributed by atoms with van der Waals surface area (Å²) in [5.41, 5.74) is 4.20. The van der Waals surface area contributed by atoms with Crippen LogP contribution in [0.1, 0.15) is 41.3 Å². The van der Waals surface area contributed by atoms with E-state index in [0.717, 1.165) is 22.3 Å². The zero-order valence-electron chi connectivity index (χ0n) is 14.7. The van der Waals surface area contributed by atoms with Gasteiger partial charge in [-0.2, -0.15) is 5.10 Å². The lowest BCUT2D eigenvalue weighted by atomic mass is 10.00. The average Bonchev–Trinajstić information content (AvgIpc) is 3.09. The Morgan fingerprint density at radius 2 is 1.72 bits per heavy atom. The maximum Gasteiger partial charge on any atom is 0.250 e.